The van der Waals surface area contributed by atoms with Gasteiger partial charge < -0.3 is 5.32 Å². The lowest BCUT2D eigenvalue weighted by atomic mass is 10.3. The number of hydrogen-bond donors (Lipinski definition) is 2. The van der Waals surface area contributed by atoms with Crippen molar-refractivity contribution in [3.05, 3.63) is 17.0 Å². The first-order valence-corrected chi connectivity index (χ1v) is 8.04. The molecule has 0 radical (unpaired) electrons. The summed E-state index contributed by atoms with van der Waals surface area (Å²) in [5.41, 5.74) is 0. The van der Waals surface area contributed by atoms with E-state index >= 15 is 0 Å². The molecule has 7 heteroatoms. The maximum atomic E-state index is 11.6. The smallest absolute Gasteiger partial charge is 0.249 e. The molecule has 0 bridgehead atoms. The van der Waals surface area contributed by atoms with Crippen molar-refractivity contribution in [2.24, 2.45) is 11.8 Å². The van der Waals surface area contributed by atoms with E-state index in [4.69, 9.17) is 0 Å². The van der Waals surface area contributed by atoms with Gasteiger partial charge in [-0.15, -0.1) is 11.3 Å². The molecule has 2 rings (SSSR count). The summed E-state index contributed by atoms with van der Waals surface area (Å²) in [5.74, 6) is 0.688. The van der Waals surface area contributed by atoms with Gasteiger partial charge in [0.25, 0.3) is 0 Å². The van der Waals surface area contributed by atoms with Gasteiger partial charge >= 0.3 is 0 Å². The summed E-state index contributed by atoms with van der Waals surface area (Å²) >= 11 is 1.17. The maximum Gasteiger partial charge on any atom is 0.249 e. The summed E-state index contributed by atoms with van der Waals surface area (Å²) in [6, 6.07) is 3.28. The quantitative estimate of drug-likeness (QED) is 0.846. The van der Waals surface area contributed by atoms with Crippen molar-refractivity contribution in [2.45, 2.75) is 24.1 Å². The molecule has 0 aromatic carbocycles. The third-order valence-electron chi connectivity index (χ3n) is 3.05. The Hall–Kier alpha value is -0.920. The largest absolute Gasteiger partial charge is 0.351 e. The summed E-state index contributed by atoms with van der Waals surface area (Å²) in [6.07, 6.45) is 0.954. The van der Waals surface area contributed by atoms with Crippen molar-refractivity contribution < 1.29 is 13.2 Å². The van der Waals surface area contributed by atoms with Crippen molar-refractivity contribution in [1.82, 2.24) is 10.0 Å². The minimum Gasteiger partial charge on any atom is -0.351 e. The molecule has 1 fully saturated rings. The van der Waals surface area contributed by atoms with Crippen LogP contribution in [-0.2, 0) is 21.4 Å². The molecule has 1 aromatic rings. The summed E-state index contributed by atoms with van der Waals surface area (Å²) in [4.78, 5) is 12.5. The predicted octanol–water partition coefficient (Wildman–Crippen LogP) is 0.928. The first kappa shape index (κ1) is 13.5. The van der Waals surface area contributed by atoms with E-state index < -0.39 is 10.0 Å². The van der Waals surface area contributed by atoms with Crippen LogP contribution in [0.15, 0.2) is 16.3 Å². The monoisotopic (exact) mass is 288 g/mol. The first-order valence-electron chi connectivity index (χ1n) is 5.74. The number of carbonyl (C=O) groups excluding carboxylic acids is 1. The summed E-state index contributed by atoms with van der Waals surface area (Å²) in [5, 5.41) is 2.83. The van der Waals surface area contributed by atoms with E-state index in [-0.39, 0.29) is 16.0 Å². The van der Waals surface area contributed by atoms with Gasteiger partial charge in [0.1, 0.15) is 4.21 Å². The molecule has 0 spiro atoms. The zero-order valence-electron chi connectivity index (χ0n) is 10.3. The Labute approximate surface area is 111 Å². The maximum absolute atomic E-state index is 11.6. The Morgan fingerprint density at radius 1 is 1.50 bits per heavy atom. The van der Waals surface area contributed by atoms with Gasteiger partial charge in [-0.25, -0.2) is 13.1 Å². The minimum absolute atomic E-state index is 0.0638. The predicted molar refractivity (Wildman–Crippen MR) is 69.7 cm³/mol. The first-order chi connectivity index (χ1) is 8.44. The van der Waals surface area contributed by atoms with Crippen LogP contribution >= 0.6 is 11.3 Å². The van der Waals surface area contributed by atoms with E-state index in [0.717, 1.165) is 11.3 Å². The number of sulfonamides is 1. The number of rotatable bonds is 5. The van der Waals surface area contributed by atoms with E-state index in [0.29, 0.717) is 12.5 Å². The molecule has 1 aliphatic rings. The lowest BCUT2D eigenvalue weighted by Gasteiger charge is -2.02. The van der Waals surface area contributed by atoms with Gasteiger partial charge in [0, 0.05) is 10.8 Å². The number of amides is 1. The summed E-state index contributed by atoms with van der Waals surface area (Å²) in [7, 11) is -1.99. The molecule has 2 unspecified atom stereocenters. The highest BCUT2D eigenvalue weighted by atomic mass is 32.2. The Morgan fingerprint density at radius 2 is 2.17 bits per heavy atom. The van der Waals surface area contributed by atoms with Crippen molar-refractivity contribution in [3.63, 3.8) is 0 Å². The average Bonchev–Trinajstić information content (AvgIpc) is 2.89. The Balaban J connectivity index is 1.93. The van der Waals surface area contributed by atoms with Crippen LogP contribution in [0, 0.1) is 11.8 Å². The molecule has 5 nitrogen and oxygen atoms in total. The topological polar surface area (TPSA) is 75.3 Å². The van der Waals surface area contributed by atoms with Gasteiger partial charge in [0.05, 0.1) is 6.54 Å². The molecule has 0 aliphatic heterocycles. The number of carbonyl (C=O) groups is 1. The molecule has 0 saturated heterocycles. The summed E-state index contributed by atoms with van der Waals surface area (Å²) in [6.45, 7) is 2.44. The standard InChI is InChI=1S/C11H16N2O3S2/c1-7-5-9(7)11(14)13-6-8-3-4-10(17-8)18(15,16)12-2/h3-4,7,9,12H,5-6H2,1-2H3,(H,13,14). The normalized spacial score (nSPS) is 22.8. The highest BCUT2D eigenvalue weighted by Crippen LogP contribution is 2.37. The molecule has 2 atom stereocenters. The summed E-state index contributed by atoms with van der Waals surface area (Å²) < 4.78 is 25.6. The van der Waals surface area contributed by atoms with Gasteiger partial charge in [-0.2, -0.15) is 0 Å². The van der Waals surface area contributed by atoms with Gasteiger partial charge in [-0.3, -0.25) is 4.79 Å². The second kappa shape index (κ2) is 4.99. The zero-order valence-corrected chi connectivity index (χ0v) is 11.9. The van der Waals surface area contributed by atoms with Crippen molar-refractivity contribution in [1.29, 1.82) is 0 Å². The third-order valence-corrected chi connectivity index (χ3v) is 6.05. The zero-order chi connectivity index (χ0) is 13.3. The highest BCUT2D eigenvalue weighted by molar-refractivity contribution is 7.91. The van der Waals surface area contributed by atoms with Crippen LogP contribution in [0.5, 0.6) is 0 Å². The van der Waals surface area contributed by atoms with Crippen molar-refractivity contribution in [2.75, 3.05) is 7.05 Å². The van der Waals surface area contributed by atoms with Gasteiger partial charge in [0.2, 0.25) is 15.9 Å². The second-order valence-corrected chi connectivity index (χ2v) is 7.75. The van der Waals surface area contributed by atoms with Gasteiger partial charge in [-0.05, 0) is 31.5 Å². The molecular weight excluding hydrogens is 272 g/mol. The third kappa shape index (κ3) is 2.90. The van der Waals surface area contributed by atoms with Crippen LogP contribution in [-0.4, -0.2) is 21.4 Å². The van der Waals surface area contributed by atoms with Crippen LogP contribution in [0.1, 0.15) is 18.2 Å². The lowest BCUT2D eigenvalue weighted by molar-refractivity contribution is -0.122. The van der Waals surface area contributed by atoms with Crippen LogP contribution < -0.4 is 10.0 Å². The Kier molecular flexibility index (Phi) is 3.74. The number of nitrogens with one attached hydrogen (secondary N) is 2. The highest BCUT2D eigenvalue weighted by Gasteiger charge is 2.38. The van der Waals surface area contributed by atoms with E-state index in [1.165, 1.54) is 18.4 Å². The van der Waals surface area contributed by atoms with E-state index in [9.17, 15) is 13.2 Å². The van der Waals surface area contributed by atoms with Gasteiger partial charge in [0.15, 0.2) is 0 Å². The molecule has 1 aromatic heterocycles. The molecule has 2 N–H and O–H groups in total. The number of thiophene rings is 1. The number of hydrogen-bond acceptors (Lipinski definition) is 4. The van der Waals surface area contributed by atoms with E-state index in [1.54, 1.807) is 12.1 Å². The fraction of sp³-hybridized carbons (Fsp3) is 0.545. The van der Waals surface area contributed by atoms with Crippen molar-refractivity contribution >= 4 is 27.3 Å². The Bertz CT molecular complexity index is 550. The fourth-order valence-electron chi connectivity index (χ4n) is 1.69. The fourth-order valence-corrected chi connectivity index (χ4v) is 3.82. The Morgan fingerprint density at radius 3 is 2.72 bits per heavy atom. The molecule has 100 valence electrons. The van der Waals surface area contributed by atoms with Gasteiger partial charge in [-0.1, -0.05) is 6.92 Å². The SMILES string of the molecule is CNS(=O)(=O)c1ccc(CNC(=O)C2CC2C)s1. The lowest BCUT2D eigenvalue weighted by Crippen LogP contribution is -2.24. The molecule has 1 heterocycles. The van der Waals surface area contributed by atoms with Crippen molar-refractivity contribution in [3.8, 4) is 0 Å². The molecule has 1 amide bonds. The van der Waals surface area contributed by atoms with Crippen LogP contribution in [0.3, 0.4) is 0 Å². The van der Waals surface area contributed by atoms with E-state index in [1.807, 2.05) is 6.92 Å². The minimum atomic E-state index is -3.37. The van der Waals surface area contributed by atoms with Crippen LogP contribution in [0.4, 0.5) is 0 Å². The molecule has 1 saturated carbocycles. The average molecular weight is 288 g/mol. The molecule has 1 aliphatic carbocycles. The molecule has 18 heavy (non-hydrogen) atoms. The molecular formula is C11H16N2O3S2. The van der Waals surface area contributed by atoms with E-state index in [2.05, 4.69) is 10.0 Å². The van der Waals surface area contributed by atoms with Crippen LogP contribution in [0.25, 0.3) is 0 Å². The second-order valence-electron chi connectivity index (χ2n) is 4.47. The van der Waals surface area contributed by atoms with Crippen LogP contribution in [0.2, 0.25) is 0 Å².